The second-order valence-corrected chi connectivity index (χ2v) is 10.7. The highest BCUT2D eigenvalue weighted by Crippen LogP contribution is 2.33. The van der Waals surface area contributed by atoms with E-state index in [1.807, 2.05) is 48.5 Å². The molecule has 0 bridgehead atoms. The molecule has 0 saturated heterocycles. The number of hydrogen-bond donors (Lipinski definition) is 3. The van der Waals surface area contributed by atoms with Crippen molar-refractivity contribution in [2.75, 3.05) is 13.2 Å². The molecule has 0 heterocycles. The van der Waals surface area contributed by atoms with Crippen molar-refractivity contribution in [1.82, 2.24) is 5.32 Å². The van der Waals surface area contributed by atoms with Gasteiger partial charge >= 0.3 is 5.97 Å². The summed E-state index contributed by atoms with van der Waals surface area (Å²) in [6.45, 7) is 4.73. The summed E-state index contributed by atoms with van der Waals surface area (Å²) in [6.07, 6.45) is 8.31. The molecular formula is C29H32Cl2N2O4. The van der Waals surface area contributed by atoms with Gasteiger partial charge in [-0.3, -0.25) is 0 Å². The van der Waals surface area contributed by atoms with Crippen LogP contribution >= 0.6 is 23.2 Å². The molecule has 0 amide bonds. The number of aliphatic hydroxyl groups excluding tert-OH is 1. The van der Waals surface area contributed by atoms with Crippen LogP contribution in [0.1, 0.15) is 43.7 Å². The molecule has 2 aromatic rings. The van der Waals surface area contributed by atoms with E-state index in [0.29, 0.717) is 22.3 Å². The van der Waals surface area contributed by atoms with Crippen molar-refractivity contribution in [3.63, 3.8) is 0 Å². The summed E-state index contributed by atoms with van der Waals surface area (Å²) in [5, 5.41) is 33.6. The molecule has 37 heavy (non-hydrogen) atoms. The van der Waals surface area contributed by atoms with Gasteiger partial charge in [-0.15, -0.1) is 0 Å². The Labute approximate surface area is 228 Å². The number of carboxylic acids is 1. The number of hydrogen-bond acceptors (Lipinski definition) is 5. The van der Waals surface area contributed by atoms with Gasteiger partial charge in [-0.05, 0) is 68.5 Å². The van der Waals surface area contributed by atoms with Gasteiger partial charge < -0.3 is 20.3 Å². The van der Waals surface area contributed by atoms with Gasteiger partial charge in [0.25, 0.3) is 0 Å². The van der Waals surface area contributed by atoms with E-state index in [1.54, 1.807) is 12.2 Å². The molecule has 0 aromatic heterocycles. The summed E-state index contributed by atoms with van der Waals surface area (Å²) in [6, 6.07) is 15.0. The fourth-order valence-corrected chi connectivity index (χ4v) is 4.41. The predicted octanol–water partition coefficient (Wildman–Crippen LogP) is 5.93. The summed E-state index contributed by atoms with van der Waals surface area (Å²) >= 11 is 12.1. The highest BCUT2D eigenvalue weighted by Gasteiger charge is 2.35. The molecule has 1 aliphatic rings. The molecule has 2 aromatic carbocycles. The first-order chi connectivity index (χ1) is 17.5. The van der Waals surface area contributed by atoms with Gasteiger partial charge in [0.1, 0.15) is 18.5 Å². The number of allylic oxidation sites excluding steroid dienone is 2. The van der Waals surface area contributed by atoms with Crippen LogP contribution in [-0.2, 0) is 11.2 Å². The second kappa shape index (κ2) is 12.6. The zero-order valence-electron chi connectivity index (χ0n) is 21.0. The lowest BCUT2D eigenvalue weighted by Gasteiger charge is -2.28. The fourth-order valence-electron chi connectivity index (χ4n) is 4.09. The van der Waals surface area contributed by atoms with Gasteiger partial charge in [0, 0.05) is 18.0 Å². The van der Waals surface area contributed by atoms with Crippen molar-refractivity contribution in [2.24, 2.45) is 5.41 Å². The van der Waals surface area contributed by atoms with E-state index in [9.17, 15) is 20.3 Å². The summed E-state index contributed by atoms with van der Waals surface area (Å²) in [5.41, 5.74) is 0.258. The third-order valence-electron chi connectivity index (χ3n) is 6.42. The van der Waals surface area contributed by atoms with Gasteiger partial charge in [0.15, 0.2) is 5.41 Å². The maximum Gasteiger partial charge on any atom is 0.332 e. The summed E-state index contributed by atoms with van der Waals surface area (Å²) < 4.78 is 5.82. The summed E-state index contributed by atoms with van der Waals surface area (Å²) in [7, 11) is 0. The Balaban J connectivity index is 1.44. The lowest BCUT2D eigenvalue weighted by molar-refractivity contribution is -0.141. The van der Waals surface area contributed by atoms with Crippen LogP contribution < -0.4 is 10.1 Å². The molecule has 0 fully saturated rings. The van der Waals surface area contributed by atoms with E-state index in [0.717, 1.165) is 30.4 Å². The zero-order chi connectivity index (χ0) is 27.1. The molecule has 3 rings (SSSR count). The van der Waals surface area contributed by atoms with Crippen molar-refractivity contribution in [3.8, 4) is 11.8 Å². The first-order valence-electron chi connectivity index (χ1n) is 12.2. The molecular weight excluding hydrogens is 511 g/mol. The number of nitrogens with zero attached hydrogens (tertiary/aromatic N) is 1. The summed E-state index contributed by atoms with van der Waals surface area (Å²) in [4.78, 5) is 11.4. The van der Waals surface area contributed by atoms with Gasteiger partial charge in [-0.1, -0.05) is 65.7 Å². The topological polar surface area (TPSA) is 103 Å². The van der Waals surface area contributed by atoms with E-state index in [2.05, 4.69) is 19.2 Å². The second-order valence-electron chi connectivity index (χ2n) is 9.93. The Morgan fingerprint density at radius 3 is 2.57 bits per heavy atom. The normalized spacial score (nSPS) is 19.8. The summed E-state index contributed by atoms with van der Waals surface area (Å²) in [5.74, 6) is -0.759. The largest absolute Gasteiger partial charge is 0.491 e. The van der Waals surface area contributed by atoms with Crippen LogP contribution in [-0.4, -0.2) is 41.0 Å². The lowest BCUT2D eigenvalue weighted by atomic mass is 9.81. The van der Waals surface area contributed by atoms with E-state index in [-0.39, 0.29) is 18.1 Å². The number of ether oxygens (including phenoxy) is 1. The molecule has 0 unspecified atom stereocenters. The number of aryl methyl sites for hydroxylation is 1. The van der Waals surface area contributed by atoms with Gasteiger partial charge in [0.05, 0.1) is 16.1 Å². The SMILES string of the molecule is CC(C)(CCCc1ccc(Cl)c(Cl)c1)NC[C@@H](O)COc1cccc(C2C=CC(C#N)(C(=O)O)C=C2)c1. The number of carbonyl (C=O) groups is 1. The molecule has 0 saturated carbocycles. The molecule has 8 heteroatoms. The van der Waals surface area contributed by atoms with Crippen LogP contribution in [0.4, 0.5) is 0 Å². The van der Waals surface area contributed by atoms with Gasteiger partial charge in [-0.25, -0.2) is 4.79 Å². The Bertz CT molecular complexity index is 1190. The molecule has 3 N–H and O–H groups in total. The molecule has 6 nitrogen and oxygen atoms in total. The Morgan fingerprint density at radius 1 is 1.19 bits per heavy atom. The van der Waals surface area contributed by atoms with Crippen molar-refractivity contribution in [1.29, 1.82) is 5.26 Å². The van der Waals surface area contributed by atoms with Crippen LogP contribution in [0.5, 0.6) is 5.75 Å². The molecule has 196 valence electrons. The van der Waals surface area contributed by atoms with E-state index in [4.69, 9.17) is 27.9 Å². The van der Waals surface area contributed by atoms with Crippen LogP contribution in [0.3, 0.4) is 0 Å². The highest BCUT2D eigenvalue weighted by atomic mass is 35.5. The lowest BCUT2D eigenvalue weighted by Crippen LogP contribution is -2.44. The number of rotatable bonds is 12. The number of benzene rings is 2. The van der Waals surface area contributed by atoms with Crippen molar-refractivity contribution >= 4 is 29.2 Å². The van der Waals surface area contributed by atoms with Gasteiger partial charge in [-0.2, -0.15) is 5.26 Å². The number of aliphatic carboxylic acids is 1. The zero-order valence-corrected chi connectivity index (χ0v) is 22.5. The standard InChI is InChI=1S/C29H32Cl2N2O4/c1-28(2,12-4-5-20-8-9-25(30)26(31)15-20)33-17-23(34)18-37-24-7-3-6-22(16-24)21-10-13-29(19-32,14-11-21)27(35)36/h3,6-11,13-16,21,23,33-34H,4-5,12,17-18H2,1-2H3,(H,35,36)/t21?,23-,29?/m1/s1. The average molecular weight is 543 g/mol. The molecule has 0 radical (unpaired) electrons. The fraction of sp³-hybridized carbons (Fsp3) is 0.379. The van der Waals surface area contributed by atoms with Crippen LogP contribution in [0, 0.1) is 16.7 Å². The molecule has 1 atom stereocenters. The van der Waals surface area contributed by atoms with E-state index < -0.39 is 17.5 Å². The third-order valence-corrected chi connectivity index (χ3v) is 7.16. The number of aliphatic hydroxyl groups is 1. The van der Waals surface area contributed by atoms with Gasteiger partial charge in [0.2, 0.25) is 0 Å². The Hall–Kier alpha value is -2.82. The molecule has 0 spiro atoms. The number of halogens is 2. The highest BCUT2D eigenvalue weighted by molar-refractivity contribution is 6.42. The van der Waals surface area contributed by atoms with E-state index in [1.165, 1.54) is 12.2 Å². The van der Waals surface area contributed by atoms with Crippen LogP contribution in [0.2, 0.25) is 10.0 Å². The third kappa shape index (κ3) is 8.08. The molecule has 1 aliphatic carbocycles. The van der Waals surface area contributed by atoms with Crippen molar-refractivity contribution in [3.05, 3.63) is 87.9 Å². The Morgan fingerprint density at radius 2 is 1.92 bits per heavy atom. The number of nitrogens with one attached hydrogen (secondary N) is 1. The van der Waals surface area contributed by atoms with Crippen molar-refractivity contribution < 1.29 is 19.7 Å². The maximum absolute atomic E-state index is 11.4. The first-order valence-corrected chi connectivity index (χ1v) is 12.9. The molecule has 0 aliphatic heterocycles. The monoisotopic (exact) mass is 542 g/mol. The minimum absolute atomic E-state index is 0.128. The number of carboxylic acid groups (broad SMARTS) is 1. The minimum atomic E-state index is -1.63. The Kier molecular flexibility index (Phi) is 9.80. The minimum Gasteiger partial charge on any atom is -0.491 e. The van der Waals surface area contributed by atoms with Crippen LogP contribution in [0.15, 0.2) is 66.8 Å². The number of β-amino-alcohol motifs (C(OH)–C–C–N with tert-alkyl or cyclic N) is 1. The average Bonchev–Trinajstić information content (AvgIpc) is 2.88. The van der Waals surface area contributed by atoms with Crippen molar-refractivity contribution in [2.45, 2.75) is 50.7 Å². The predicted molar refractivity (Wildman–Crippen MR) is 146 cm³/mol. The number of nitriles is 1. The first kappa shape index (κ1) is 28.7. The maximum atomic E-state index is 11.4. The quantitative estimate of drug-likeness (QED) is 0.287. The van der Waals surface area contributed by atoms with Crippen LogP contribution in [0.25, 0.3) is 0 Å². The van der Waals surface area contributed by atoms with E-state index >= 15 is 0 Å². The smallest absolute Gasteiger partial charge is 0.332 e.